The lowest BCUT2D eigenvalue weighted by molar-refractivity contribution is -0.384. The van der Waals surface area contributed by atoms with Gasteiger partial charge in [0.25, 0.3) is 5.69 Å². The van der Waals surface area contributed by atoms with Crippen molar-refractivity contribution in [2.75, 3.05) is 11.4 Å². The van der Waals surface area contributed by atoms with Crippen LogP contribution in [-0.2, 0) is 0 Å². The second-order valence-electron chi connectivity index (χ2n) is 5.34. The number of aryl methyl sites for hydroxylation is 1. The van der Waals surface area contributed by atoms with Gasteiger partial charge in [-0.1, -0.05) is 6.07 Å². The molecule has 2 N–H and O–H groups in total. The molecule has 2 unspecified atom stereocenters. The van der Waals surface area contributed by atoms with E-state index in [-0.39, 0.29) is 22.7 Å². The fourth-order valence-electron chi connectivity index (χ4n) is 2.82. The largest absolute Gasteiger partial charge is 0.367 e. The first kappa shape index (κ1) is 13.8. The molecule has 0 aromatic heterocycles. The van der Waals surface area contributed by atoms with E-state index < -0.39 is 0 Å². The summed E-state index contributed by atoms with van der Waals surface area (Å²) in [6.45, 7) is 4.93. The van der Waals surface area contributed by atoms with Crippen LogP contribution in [0.4, 0.5) is 11.4 Å². The third-order valence-corrected chi connectivity index (χ3v) is 3.87. The molecule has 1 saturated heterocycles. The van der Waals surface area contributed by atoms with Crippen LogP contribution >= 0.6 is 0 Å². The zero-order chi connectivity index (χ0) is 14.0. The van der Waals surface area contributed by atoms with Crippen LogP contribution in [0.3, 0.4) is 0 Å². The summed E-state index contributed by atoms with van der Waals surface area (Å²) < 4.78 is 0. The van der Waals surface area contributed by atoms with Crippen molar-refractivity contribution in [3.63, 3.8) is 0 Å². The van der Waals surface area contributed by atoms with Gasteiger partial charge in [0.05, 0.1) is 4.92 Å². The molecule has 1 fully saturated rings. The molecule has 0 amide bonds. The Bertz CT molecular complexity index is 474. The lowest BCUT2D eigenvalue weighted by Crippen LogP contribution is -2.49. The van der Waals surface area contributed by atoms with Crippen molar-refractivity contribution in [2.24, 2.45) is 5.73 Å². The molecular weight excluding hydrogens is 242 g/mol. The van der Waals surface area contributed by atoms with Crippen LogP contribution in [0, 0.1) is 17.0 Å². The molecule has 0 bridgehead atoms. The van der Waals surface area contributed by atoms with Crippen LogP contribution in [0.25, 0.3) is 0 Å². The first-order chi connectivity index (χ1) is 9.00. The highest BCUT2D eigenvalue weighted by Crippen LogP contribution is 2.31. The van der Waals surface area contributed by atoms with Crippen molar-refractivity contribution < 1.29 is 4.92 Å². The quantitative estimate of drug-likeness (QED) is 0.672. The minimum Gasteiger partial charge on any atom is -0.367 e. The monoisotopic (exact) mass is 263 g/mol. The standard InChI is InChI=1S/C14H21N3O2/c1-10-6-7-12(17(18)19)9-14(10)16-8-4-3-5-13(16)11(2)15/h6-7,9,11,13H,3-5,8,15H2,1-2H3. The molecule has 1 aliphatic rings. The van der Waals surface area contributed by atoms with E-state index in [0.29, 0.717) is 0 Å². The number of nitrogens with zero attached hydrogens (tertiary/aromatic N) is 2. The van der Waals surface area contributed by atoms with Gasteiger partial charge in [-0.05, 0) is 38.7 Å². The smallest absolute Gasteiger partial charge is 0.271 e. The number of benzene rings is 1. The molecule has 1 aliphatic heterocycles. The van der Waals surface area contributed by atoms with Crippen molar-refractivity contribution in [3.8, 4) is 0 Å². The molecule has 1 aromatic rings. The number of nitrogens with two attached hydrogens (primary N) is 1. The molecule has 104 valence electrons. The molecule has 1 aromatic carbocycles. The van der Waals surface area contributed by atoms with E-state index in [1.54, 1.807) is 12.1 Å². The highest BCUT2D eigenvalue weighted by molar-refractivity contribution is 5.59. The number of hydrogen-bond donors (Lipinski definition) is 1. The Hall–Kier alpha value is -1.62. The Kier molecular flexibility index (Phi) is 4.04. The maximum absolute atomic E-state index is 10.9. The van der Waals surface area contributed by atoms with E-state index in [1.807, 2.05) is 19.9 Å². The molecule has 1 heterocycles. The molecule has 0 aliphatic carbocycles. The van der Waals surface area contributed by atoms with Crippen molar-refractivity contribution in [1.82, 2.24) is 0 Å². The highest BCUT2D eigenvalue weighted by atomic mass is 16.6. The fraction of sp³-hybridized carbons (Fsp3) is 0.571. The topological polar surface area (TPSA) is 72.4 Å². The summed E-state index contributed by atoms with van der Waals surface area (Å²) >= 11 is 0. The molecule has 2 rings (SSSR count). The van der Waals surface area contributed by atoms with Crippen LogP contribution in [0.15, 0.2) is 18.2 Å². The van der Waals surface area contributed by atoms with E-state index in [9.17, 15) is 10.1 Å². The Labute approximate surface area is 113 Å². The molecule has 5 heteroatoms. The van der Waals surface area contributed by atoms with Gasteiger partial charge in [-0.25, -0.2) is 0 Å². The number of hydrogen-bond acceptors (Lipinski definition) is 4. The van der Waals surface area contributed by atoms with Gasteiger partial charge in [-0.15, -0.1) is 0 Å². The normalized spacial score (nSPS) is 21.2. The average molecular weight is 263 g/mol. The predicted octanol–water partition coefficient (Wildman–Crippen LogP) is 2.61. The number of rotatable bonds is 3. The Balaban J connectivity index is 2.37. The van der Waals surface area contributed by atoms with E-state index >= 15 is 0 Å². The maximum atomic E-state index is 10.9. The van der Waals surface area contributed by atoms with Crippen LogP contribution < -0.4 is 10.6 Å². The van der Waals surface area contributed by atoms with Gasteiger partial charge in [0.2, 0.25) is 0 Å². The lowest BCUT2D eigenvalue weighted by atomic mass is 9.95. The maximum Gasteiger partial charge on any atom is 0.271 e. The van der Waals surface area contributed by atoms with Crippen LogP contribution in [-0.4, -0.2) is 23.6 Å². The summed E-state index contributed by atoms with van der Waals surface area (Å²) in [4.78, 5) is 12.8. The Morgan fingerprint density at radius 3 is 2.84 bits per heavy atom. The number of nitro groups is 1. The molecule has 19 heavy (non-hydrogen) atoms. The molecule has 5 nitrogen and oxygen atoms in total. The van der Waals surface area contributed by atoms with E-state index in [1.165, 1.54) is 6.42 Å². The second kappa shape index (κ2) is 5.57. The second-order valence-corrected chi connectivity index (χ2v) is 5.34. The van der Waals surface area contributed by atoms with Crippen LogP contribution in [0.1, 0.15) is 31.7 Å². The molecule has 0 radical (unpaired) electrons. The number of non-ortho nitro benzene ring substituents is 1. The summed E-state index contributed by atoms with van der Waals surface area (Å²) in [7, 11) is 0. The molecule has 2 atom stereocenters. The van der Waals surface area contributed by atoms with Crippen molar-refractivity contribution in [3.05, 3.63) is 33.9 Å². The van der Waals surface area contributed by atoms with Gasteiger partial charge in [-0.2, -0.15) is 0 Å². The van der Waals surface area contributed by atoms with Gasteiger partial charge in [0.15, 0.2) is 0 Å². The van der Waals surface area contributed by atoms with E-state index in [0.717, 1.165) is 30.6 Å². The number of anilines is 1. The summed E-state index contributed by atoms with van der Waals surface area (Å²) in [6, 6.07) is 5.40. The average Bonchev–Trinajstić information content (AvgIpc) is 2.39. The first-order valence-corrected chi connectivity index (χ1v) is 6.78. The Morgan fingerprint density at radius 1 is 1.47 bits per heavy atom. The van der Waals surface area contributed by atoms with Crippen molar-refractivity contribution >= 4 is 11.4 Å². The molecule has 0 spiro atoms. The fourth-order valence-corrected chi connectivity index (χ4v) is 2.82. The minimum atomic E-state index is -0.340. The van der Waals surface area contributed by atoms with Gasteiger partial charge in [-0.3, -0.25) is 10.1 Å². The zero-order valence-corrected chi connectivity index (χ0v) is 11.5. The predicted molar refractivity (Wildman–Crippen MR) is 76.5 cm³/mol. The van der Waals surface area contributed by atoms with E-state index in [2.05, 4.69) is 4.90 Å². The lowest BCUT2D eigenvalue weighted by Gasteiger charge is -2.40. The van der Waals surface area contributed by atoms with Gasteiger partial charge >= 0.3 is 0 Å². The Morgan fingerprint density at radius 2 is 2.21 bits per heavy atom. The third-order valence-electron chi connectivity index (χ3n) is 3.87. The SMILES string of the molecule is Cc1ccc([N+](=O)[O-])cc1N1CCCCC1C(C)N. The summed E-state index contributed by atoms with van der Waals surface area (Å²) in [5, 5.41) is 10.9. The van der Waals surface area contributed by atoms with Crippen molar-refractivity contribution in [1.29, 1.82) is 0 Å². The molecule has 0 saturated carbocycles. The van der Waals surface area contributed by atoms with Crippen molar-refractivity contribution in [2.45, 2.75) is 45.2 Å². The van der Waals surface area contributed by atoms with Gasteiger partial charge in [0.1, 0.15) is 0 Å². The van der Waals surface area contributed by atoms with Crippen LogP contribution in [0.2, 0.25) is 0 Å². The number of piperidine rings is 1. The van der Waals surface area contributed by atoms with Gasteiger partial charge < -0.3 is 10.6 Å². The summed E-state index contributed by atoms with van der Waals surface area (Å²) in [5.41, 5.74) is 8.24. The molecular formula is C14H21N3O2. The third kappa shape index (κ3) is 2.87. The zero-order valence-electron chi connectivity index (χ0n) is 11.5. The highest BCUT2D eigenvalue weighted by Gasteiger charge is 2.27. The van der Waals surface area contributed by atoms with Gasteiger partial charge in [0, 0.05) is 36.4 Å². The summed E-state index contributed by atoms with van der Waals surface area (Å²) in [5.74, 6) is 0. The first-order valence-electron chi connectivity index (χ1n) is 6.78. The van der Waals surface area contributed by atoms with Crippen LogP contribution in [0.5, 0.6) is 0 Å². The van der Waals surface area contributed by atoms with E-state index in [4.69, 9.17) is 5.73 Å². The summed E-state index contributed by atoms with van der Waals surface area (Å²) in [6.07, 6.45) is 3.35. The number of nitro benzene ring substituents is 1. The minimum absolute atomic E-state index is 0.0685.